The number of nitrogens with zero attached hydrogens (tertiary/aromatic N) is 2. The van der Waals surface area contributed by atoms with Gasteiger partial charge in [-0.2, -0.15) is 0 Å². The van der Waals surface area contributed by atoms with E-state index in [4.69, 9.17) is 10.6 Å². The minimum Gasteiger partial charge on any atom is -0.376 e. The lowest BCUT2D eigenvalue weighted by molar-refractivity contribution is 0.120. The Labute approximate surface area is 107 Å². The molecule has 6 nitrogen and oxygen atoms in total. The third-order valence-electron chi connectivity index (χ3n) is 3.10. The number of ether oxygens (including phenoxy) is 1. The van der Waals surface area contributed by atoms with Crippen LogP contribution in [-0.2, 0) is 11.2 Å². The van der Waals surface area contributed by atoms with Gasteiger partial charge in [-0.15, -0.1) is 0 Å². The van der Waals surface area contributed by atoms with Crippen LogP contribution in [0.4, 0.5) is 11.6 Å². The normalized spacial score (nSPS) is 18.9. The van der Waals surface area contributed by atoms with Gasteiger partial charge in [0.15, 0.2) is 0 Å². The van der Waals surface area contributed by atoms with Crippen LogP contribution in [0.25, 0.3) is 0 Å². The summed E-state index contributed by atoms with van der Waals surface area (Å²) in [7, 11) is 0. The number of aromatic nitrogens is 2. The first-order chi connectivity index (χ1) is 8.85. The summed E-state index contributed by atoms with van der Waals surface area (Å²) in [5.74, 6) is 7.03. The highest BCUT2D eigenvalue weighted by atomic mass is 16.5. The van der Waals surface area contributed by atoms with Gasteiger partial charge in [0.1, 0.15) is 18.0 Å². The zero-order valence-electron chi connectivity index (χ0n) is 10.8. The third kappa shape index (κ3) is 3.08. The van der Waals surface area contributed by atoms with E-state index in [0.717, 1.165) is 50.2 Å². The molecule has 100 valence electrons. The van der Waals surface area contributed by atoms with Crippen LogP contribution in [-0.4, -0.2) is 29.2 Å². The Morgan fingerprint density at radius 3 is 2.94 bits per heavy atom. The van der Waals surface area contributed by atoms with Gasteiger partial charge in [-0.3, -0.25) is 0 Å². The summed E-state index contributed by atoms with van der Waals surface area (Å²) in [6.07, 6.45) is 6.00. The highest BCUT2D eigenvalue weighted by Gasteiger charge is 2.16. The first kappa shape index (κ1) is 13.0. The molecule has 6 heteroatoms. The van der Waals surface area contributed by atoms with Gasteiger partial charge in [0.05, 0.1) is 6.10 Å². The molecule has 1 atom stereocenters. The molecule has 18 heavy (non-hydrogen) atoms. The molecule has 1 aliphatic rings. The van der Waals surface area contributed by atoms with Crippen LogP contribution in [0.2, 0.25) is 0 Å². The topological polar surface area (TPSA) is 85.1 Å². The first-order valence-corrected chi connectivity index (χ1v) is 6.51. The molecule has 1 aliphatic heterocycles. The van der Waals surface area contributed by atoms with E-state index in [1.54, 1.807) is 0 Å². The Balaban J connectivity index is 2.05. The number of hydrogen-bond donors (Lipinski definition) is 3. The van der Waals surface area contributed by atoms with Crippen LogP contribution in [0.5, 0.6) is 0 Å². The number of nitrogens with two attached hydrogens (primary N) is 1. The summed E-state index contributed by atoms with van der Waals surface area (Å²) in [5, 5.41) is 3.34. The maximum atomic E-state index is 5.58. The third-order valence-corrected chi connectivity index (χ3v) is 3.10. The number of nitrogen functional groups attached to an aromatic ring is 1. The largest absolute Gasteiger partial charge is 0.376 e. The predicted octanol–water partition coefficient (Wildman–Crippen LogP) is 1.31. The molecule has 1 aromatic heterocycles. The lowest BCUT2D eigenvalue weighted by atomic mass is 10.1. The molecule has 4 N–H and O–H groups in total. The van der Waals surface area contributed by atoms with E-state index in [2.05, 4.69) is 27.6 Å². The van der Waals surface area contributed by atoms with Crippen molar-refractivity contribution in [3.63, 3.8) is 0 Å². The maximum absolute atomic E-state index is 5.58. The molecule has 1 unspecified atom stereocenters. The average molecular weight is 251 g/mol. The van der Waals surface area contributed by atoms with Gasteiger partial charge < -0.3 is 15.5 Å². The standard InChI is InChI=1S/C12H21N5O/c1-2-4-10-11(15-8-16-12(10)17-13)14-7-9-5-3-6-18-9/h8-9H,2-7,13H2,1H3,(H2,14,15,16,17). The molecular weight excluding hydrogens is 230 g/mol. The summed E-state index contributed by atoms with van der Waals surface area (Å²) >= 11 is 0. The highest BCUT2D eigenvalue weighted by molar-refractivity contribution is 5.56. The second-order valence-electron chi connectivity index (χ2n) is 4.46. The van der Waals surface area contributed by atoms with Crippen LogP contribution in [0.3, 0.4) is 0 Å². The lowest BCUT2D eigenvalue weighted by Gasteiger charge is -2.15. The maximum Gasteiger partial charge on any atom is 0.148 e. The van der Waals surface area contributed by atoms with Gasteiger partial charge in [-0.05, 0) is 19.3 Å². The van der Waals surface area contributed by atoms with E-state index < -0.39 is 0 Å². The molecule has 0 spiro atoms. The highest BCUT2D eigenvalue weighted by Crippen LogP contribution is 2.21. The monoisotopic (exact) mass is 251 g/mol. The smallest absolute Gasteiger partial charge is 0.148 e. The Hall–Kier alpha value is -1.40. The fourth-order valence-electron chi connectivity index (χ4n) is 2.19. The number of hydrazine groups is 1. The fraction of sp³-hybridized carbons (Fsp3) is 0.667. The Morgan fingerprint density at radius 2 is 2.28 bits per heavy atom. The predicted molar refractivity (Wildman–Crippen MR) is 71.3 cm³/mol. The molecule has 0 aliphatic carbocycles. The number of hydrogen-bond acceptors (Lipinski definition) is 6. The summed E-state index contributed by atoms with van der Waals surface area (Å²) in [5.41, 5.74) is 3.67. The molecule has 2 rings (SSSR count). The second kappa shape index (κ2) is 6.51. The van der Waals surface area contributed by atoms with Gasteiger partial charge in [-0.1, -0.05) is 13.3 Å². The zero-order chi connectivity index (χ0) is 12.8. The first-order valence-electron chi connectivity index (χ1n) is 6.51. The zero-order valence-corrected chi connectivity index (χ0v) is 10.8. The number of anilines is 2. The summed E-state index contributed by atoms with van der Waals surface area (Å²) < 4.78 is 5.58. The van der Waals surface area contributed by atoms with Crippen molar-refractivity contribution in [3.05, 3.63) is 11.9 Å². The van der Waals surface area contributed by atoms with Gasteiger partial charge in [0.25, 0.3) is 0 Å². The minimum absolute atomic E-state index is 0.295. The Morgan fingerprint density at radius 1 is 1.44 bits per heavy atom. The summed E-state index contributed by atoms with van der Waals surface area (Å²) in [6, 6.07) is 0. The van der Waals surface area contributed by atoms with E-state index in [1.807, 2.05) is 0 Å². The van der Waals surface area contributed by atoms with E-state index in [1.165, 1.54) is 6.33 Å². The fourth-order valence-corrected chi connectivity index (χ4v) is 2.19. The van der Waals surface area contributed by atoms with Crippen molar-refractivity contribution in [3.8, 4) is 0 Å². The van der Waals surface area contributed by atoms with Crippen molar-refractivity contribution >= 4 is 11.6 Å². The lowest BCUT2D eigenvalue weighted by Crippen LogP contribution is -2.21. The quantitative estimate of drug-likeness (QED) is 0.522. The molecule has 1 fully saturated rings. The Kier molecular flexibility index (Phi) is 4.72. The van der Waals surface area contributed by atoms with Gasteiger partial charge in [0.2, 0.25) is 0 Å². The Bertz CT molecular complexity index is 379. The molecular formula is C12H21N5O. The summed E-state index contributed by atoms with van der Waals surface area (Å²) in [6.45, 7) is 3.78. The average Bonchev–Trinajstić information content (AvgIpc) is 2.91. The van der Waals surface area contributed by atoms with Crippen molar-refractivity contribution in [2.75, 3.05) is 23.9 Å². The van der Waals surface area contributed by atoms with Gasteiger partial charge in [0, 0.05) is 18.7 Å². The van der Waals surface area contributed by atoms with Gasteiger partial charge >= 0.3 is 0 Å². The van der Waals surface area contributed by atoms with E-state index in [0.29, 0.717) is 11.9 Å². The molecule has 0 amide bonds. The van der Waals surface area contributed by atoms with Crippen molar-refractivity contribution in [1.29, 1.82) is 0 Å². The number of nitrogens with one attached hydrogen (secondary N) is 2. The van der Waals surface area contributed by atoms with Crippen molar-refractivity contribution in [2.45, 2.75) is 38.7 Å². The van der Waals surface area contributed by atoms with Crippen LogP contribution in [0.15, 0.2) is 6.33 Å². The van der Waals surface area contributed by atoms with E-state index >= 15 is 0 Å². The van der Waals surface area contributed by atoms with Crippen LogP contribution in [0, 0.1) is 0 Å². The molecule has 0 radical (unpaired) electrons. The van der Waals surface area contributed by atoms with Crippen molar-refractivity contribution < 1.29 is 4.74 Å². The van der Waals surface area contributed by atoms with E-state index in [-0.39, 0.29) is 0 Å². The van der Waals surface area contributed by atoms with Gasteiger partial charge in [-0.25, -0.2) is 15.8 Å². The molecule has 1 aromatic rings. The van der Waals surface area contributed by atoms with E-state index in [9.17, 15) is 0 Å². The number of rotatable bonds is 6. The second-order valence-corrected chi connectivity index (χ2v) is 4.46. The van der Waals surface area contributed by atoms with Crippen molar-refractivity contribution in [2.24, 2.45) is 5.84 Å². The summed E-state index contributed by atoms with van der Waals surface area (Å²) in [4.78, 5) is 8.43. The van der Waals surface area contributed by atoms with Crippen molar-refractivity contribution in [1.82, 2.24) is 9.97 Å². The van der Waals surface area contributed by atoms with Crippen LogP contribution < -0.4 is 16.6 Å². The van der Waals surface area contributed by atoms with Crippen LogP contribution in [0.1, 0.15) is 31.7 Å². The molecule has 0 bridgehead atoms. The molecule has 2 heterocycles. The molecule has 0 aromatic carbocycles. The molecule has 0 saturated carbocycles. The molecule has 1 saturated heterocycles. The SMILES string of the molecule is CCCc1c(NN)ncnc1NCC1CCCO1. The van der Waals surface area contributed by atoms with Crippen LogP contribution >= 0.6 is 0 Å². The minimum atomic E-state index is 0.295.